The van der Waals surface area contributed by atoms with E-state index in [1.807, 2.05) is 0 Å². The van der Waals surface area contributed by atoms with Crippen LogP contribution in [0.15, 0.2) is 17.1 Å². The molecule has 0 saturated carbocycles. The lowest BCUT2D eigenvalue weighted by atomic mass is 9.86. The Hall–Kier alpha value is -2.17. The van der Waals surface area contributed by atoms with Crippen LogP contribution in [0.5, 0.6) is 11.5 Å². The van der Waals surface area contributed by atoms with Gasteiger partial charge < -0.3 is 9.47 Å². The average molecular weight is 289 g/mol. The van der Waals surface area contributed by atoms with Crippen molar-refractivity contribution in [3.8, 4) is 11.5 Å². The predicted molar refractivity (Wildman–Crippen MR) is 80.0 cm³/mol. The Balaban J connectivity index is 2.52. The second-order valence-corrected chi connectivity index (χ2v) is 4.83. The van der Waals surface area contributed by atoms with E-state index in [4.69, 9.17) is 9.47 Å². The Morgan fingerprint density at radius 1 is 1.10 bits per heavy atom. The van der Waals surface area contributed by atoms with Crippen molar-refractivity contribution in [2.45, 2.75) is 26.2 Å². The van der Waals surface area contributed by atoms with Gasteiger partial charge in [0.15, 0.2) is 5.78 Å². The minimum Gasteiger partial charge on any atom is -0.496 e. The van der Waals surface area contributed by atoms with Gasteiger partial charge in [-0.15, -0.1) is 0 Å². The minimum atomic E-state index is -0.239. The molecule has 0 bridgehead atoms. The molecule has 0 unspecified atom stereocenters. The van der Waals surface area contributed by atoms with Gasteiger partial charge in [-0.3, -0.25) is 14.6 Å². The average Bonchev–Trinajstić information content (AvgIpc) is 2.50. The number of unbranched alkanes of at least 4 members (excludes halogenated alkanes) is 1. The molecule has 0 saturated heterocycles. The number of benzene rings is 1. The minimum absolute atomic E-state index is 0.0269. The molecule has 0 atom stereocenters. The van der Waals surface area contributed by atoms with Crippen LogP contribution in [0.2, 0.25) is 0 Å². The molecule has 1 aliphatic rings. The zero-order valence-electron chi connectivity index (χ0n) is 12.6. The van der Waals surface area contributed by atoms with Crippen LogP contribution in [-0.4, -0.2) is 38.0 Å². The number of hydrogen-bond donors (Lipinski definition) is 0. The van der Waals surface area contributed by atoms with Gasteiger partial charge in [-0.1, -0.05) is 13.3 Å². The predicted octanol–water partition coefficient (Wildman–Crippen LogP) is 2.71. The maximum Gasteiger partial charge on any atom is 0.211 e. The highest BCUT2D eigenvalue weighted by molar-refractivity contribution is 6.53. The van der Waals surface area contributed by atoms with Crippen LogP contribution in [0.1, 0.15) is 46.9 Å². The highest BCUT2D eigenvalue weighted by Crippen LogP contribution is 2.35. The van der Waals surface area contributed by atoms with E-state index in [0.29, 0.717) is 29.3 Å². The molecular formula is C16H19NO4. The molecule has 21 heavy (non-hydrogen) atoms. The van der Waals surface area contributed by atoms with Crippen molar-refractivity contribution in [3.05, 3.63) is 23.3 Å². The Bertz CT molecular complexity index is 605. The van der Waals surface area contributed by atoms with E-state index >= 15 is 0 Å². The van der Waals surface area contributed by atoms with Crippen LogP contribution in [-0.2, 0) is 0 Å². The number of nitrogens with zero attached hydrogens (tertiary/aromatic N) is 1. The number of carbonyl (C=O) groups excluding carboxylic acids is 2. The van der Waals surface area contributed by atoms with E-state index < -0.39 is 0 Å². The SMILES string of the molecule is CCCCN=C1CC(=O)c2c(OC)ccc(OC)c2C1=O. The maximum atomic E-state index is 12.6. The molecular weight excluding hydrogens is 270 g/mol. The van der Waals surface area contributed by atoms with Crippen molar-refractivity contribution in [1.29, 1.82) is 0 Å². The Morgan fingerprint density at radius 2 is 1.71 bits per heavy atom. The summed E-state index contributed by atoms with van der Waals surface area (Å²) < 4.78 is 10.4. The topological polar surface area (TPSA) is 65.0 Å². The highest BCUT2D eigenvalue weighted by atomic mass is 16.5. The van der Waals surface area contributed by atoms with Crippen LogP contribution in [0.3, 0.4) is 0 Å². The van der Waals surface area contributed by atoms with Crippen molar-refractivity contribution in [2.75, 3.05) is 20.8 Å². The number of ether oxygens (including phenoxy) is 2. The van der Waals surface area contributed by atoms with Gasteiger partial charge in [-0.25, -0.2) is 0 Å². The van der Waals surface area contributed by atoms with E-state index in [0.717, 1.165) is 12.8 Å². The van der Waals surface area contributed by atoms with E-state index in [1.165, 1.54) is 14.2 Å². The number of hydrogen-bond acceptors (Lipinski definition) is 5. The molecule has 0 aliphatic heterocycles. The monoisotopic (exact) mass is 289 g/mol. The molecule has 0 N–H and O–H groups in total. The van der Waals surface area contributed by atoms with Crippen LogP contribution in [0.4, 0.5) is 0 Å². The summed E-state index contributed by atoms with van der Waals surface area (Å²) in [6.07, 6.45) is 1.92. The first-order valence-electron chi connectivity index (χ1n) is 7.00. The molecule has 0 radical (unpaired) electrons. The number of ketones is 2. The lowest BCUT2D eigenvalue weighted by Gasteiger charge is -2.20. The van der Waals surface area contributed by atoms with E-state index in [1.54, 1.807) is 12.1 Å². The largest absolute Gasteiger partial charge is 0.496 e. The first kappa shape index (κ1) is 15.2. The van der Waals surface area contributed by atoms with Gasteiger partial charge in [0.25, 0.3) is 0 Å². The third-order valence-corrected chi connectivity index (χ3v) is 3.48. The molecule has 1 aliphatic carbocycles. The molecule has 1 aromatic rings. The molecule has 0 fully saturated rings. The van der Waals surface area contributed by atoms with Gasteiger partial charge in [0.05, 0.1) is 37.5 Å². The number of rotatable bonds is 5. The lowest BCUT2D eigenvalue weighted by Crippen LogP contribution is -2.28. The molecule has 0 aromatic heterocycles. The Morgan fingerprint density at radius 3 is 2.29 bits per heavy atom. The zero-order valence-corrected chi connectivity index (χ0v) is 12.6. The summed E-state index contributed by atoms with van der Waals surface area (Å²) in [7, 11) is 2.95. The smallest absolute Gasteiger partial charge is 0.211 e. The zero-order chi connectivity index (χ0) is 15.4. The van der Waals surface area contributed by atoms with Crippen molar-refractivity contribution in [1.82, 2.24) is 0 Å². The van der Waals surface area contributed by atoms with E-state index in [2.05, 4.69) is 11.9 Å². The number of methoxy groups -OCH3 is 2. The summed E-state index contributed by atoms with van der Waals surface area (Å²) in [6, 6.07) is 3.28. The summed E-state index contributed by atoms with van der Waals surface area (Å²) >= 11 is 0. The van der Waals surface area contributed by atoms with Crippen molar-refractivity contribution in [3.63, 3.8) is 0 Å². The third-order valence-electron chi connectivity index (χ3n) is 3.48. The maximum absolute atomic E-state index is 12.6. The number of fused-ring (bicyclic) bond motifs is 1. The molecule has 5 nitrogen and oxygen atoms in total. The summed E-state index contributed by atoms with van der Waals surface area (Å²) in [5.41, 5.74) is 0.882. The van der Waals surface area contributed by atoms with Gasteiger partial charge in [-0.2, -0.15) is 0 Å². The molecule has 5 heteroatoms. The fourth-order valence-corrected chi connectivity index (χ4v) is 2.37. The normalized spacial score (nSPS) is 16.0. The summed E-state index contributed by atoms with van der Waals surface area (Å²) in [5.74, 6) is 0.385. The highest BCUT2D eigenvalue weighted by Gasteiger charge is 2.34. The first-order chi connectivity index (χ1) is 10.1. The molecule has 2 rings (SSSR count). The van der Waals surface area contributed by atoms with Crippen molar-refractivity contribution in [2.24, 2.45) is 4.99 Å². The Labute approximate surface area is 124 Å². The summed E-state index contributed by atoms with van der Waals surface area (Å²) in [6.45, 7) is 2.61. The summed E-state index contributed by atoms with van der Waals surface area (Å²) in [4.78, 5) is 29.2. The van der Waals surface area contributed by atoms with Crippen LogP contribution in [0.25, 0.3) is 0 Å². The number of carbonyl (C=O) groups is 2. The first-order valence-corrected chi connectivity index (χ1v) is 7.00. The van der Waals surface area contributed by atoms with Crippen molar-refractivity contribution >= 4 is 17.3 Å². The fraction of sp³-hybridized carbons (Fsp3) is 0.438. The van der Waals surface area contributed by atoms with Crippen molar-refractivity contribution < 1.29 is 19.1 Å². The van der Waals surface area contributed by atoms with Crippen LogP contribution < -0.4 is 9.47 Å². The molecule has 0 amide bonds. The summed E-state index contributed by atoms with van der Waals surface area (Å²) in [5, 5.41) is 0. The van der Waals surface area contributed by atoms with E-state index in [9.17, 15) is 9.59 Å². The lowest BCUT2D eigenvalue weighted by molar-refractivity contribution is 0.0959. The Kier molecular flexibility index (Phi) is 4.73. The van der Waals surface area contributed by atoms with Crippen LogP contribution >= 0.6 is 0 Å². The molecule has 1 aromatic carbocycles. The number of aliphatic imine (C=N–C) groups is 1. The van der Waals surface area contributed by atoms with Gasteiger partial charge in [0.2, 0.25) is 5.78 Å². The second kappa shape index (κ2) is 6.52. The third kappa shape index (κ3) is 2.82. The number of Topliss-reactive ketones (excluding diaryl/α,β-unsaturated/α-hetero) is 2. The van der Waals surface area contributed by atoms with E-state index in [-0.39, 0.29) is 23.6 Å². The molecule has 0 spiro atoms. The van der Waals surface area contributed by atoms with Gasteiger partial charge >= 0.3 is 0 Å². The quantitative estimate of drug-likeness (QED) is 0.782. The standard InChI is InChI=1S/C16H19NO4/c1-4-5-8-17-10-9-11(18)14-12(20-2)6-7-13(21-3)15(14)16(10)19/h6-7H,4-5,8-9H2,1-3H3. The van der Waals surface area contributed by atoms with Gasteiger partial charge in [0, 0.05) is 6.54 Å². The second-order valence-electron chi connectivity index (χ2n) is 4.83. The van der Waals surface area contributed by atoms with Gasteiger partial charge in [-0.05, 0) is 18.6 Å². The fourth-order valence-electron chi connectivity index (χ4n) is 2.37. The molecule has 112 valence electrons. The van der Waals surface area contributed by atoms with Gasteiger partial charge in [0.1, 0.15) is 11.5 Å². The van der Waals surface area contributed by atoms with Crippen LogP contribution in [0, 0.1) is 0 Å². The molecule has 0 heterocycles.